The minimum Gasteiger partial charge on any atom is -0.268 e. The highest BCUT2D eigenvalue weighted by Crippen LogP contribution is 2.12. The zero-order valence-corrected chi connectivity index (χ0v) is 10.7. The number of fused-ring (bicyclic) bond motifs is 1. The normalized spacial score (nSPS) is 11.5. The summed E-state index contributed by atoms with van der Waals surface area (Å²) in [5.41, 5.74) is 3.12. The van der Waals surface area contributed by atoms with Gasteiger partial charge in [0.15, 0.2) is 0 Å². The zero-order chi connectivity index (χ0) is 13.2. The lowest BCUT2D eigenvalue weighted by Crippen LogP contribution is -2.33. The van der Waals surface area contributed by atoms with E-state index in [-0.39, 0.29) is 5.91 Å². The van der Waals surface area contributed by atoms with E-state index < -0.39 is 5.60 Å². The van der Waals surface area contributed by atoms with E-state index in [0.717, 1.165) is 10.9 Å². The third-order valence-corrected chi connectivity index (χ3v) is 2.28. The van der Waals surface area contributed by atoms with E-state index in [0.29, 0.717) is 5.69 Å². The van der Waals surface area contributed by atoms with E-state index in [2.05, 4.69) is 10.5 Å². The molecular weight excluding hydrogens is 228 g/mol. The van der Waals surface area contributed by atoms with Gasteiger partial charge in [0.25, 0.3) is 5.91 Å². The van der Waals surface area contributed by atoms with Gasteiger partial charge < -0.3 is 0 Å². The fraction of sp³-hybridized carbons (Fsp3) is 0.286. The average molecular weight is 244 g/mol. The molecule has 2 rings (SSSR count). The van der Waals surface area contributed by atoms with Gasteiger partial charge >= 0.3 is 0 Å². The first-order valence-electron chi connectivity index (χ1n) is 5.80. The van der Waals surface area contributed by atoms with E-state index in [1.54, 1.807) is 6.07 Å². The molecule has 0 radical (unpaired) electrons. The van der Waals surface area contributed by atoms with Crippen LogP contribution in [-0.2, 0) is 4.84 Å². The lowest BCUT2D eigenvalue weighted by Gasteiger charge is -2.18. The van der Waals surface area contributed by atoms with Crippen molar-refractivity contribution in [2.75, 3.05) is 0 Å². The van der Waals surface area contributed by atoms with Gasteiger partial charge in [-0.2, -0.15) is 0 Å². The number of para-hydroxylation sites is 1. The molecular formula is C14H16N2O2. The first-order valence-corrected chi connectivity index (χ1v) is 5.80. The first-order chi connectivity index (χ1) is 8.46. The second-order valence-corrected chi connectivity index (χ2v) is 5.03. The quantitative estimate of drug-likeness (QED) is 0.826. The SMILES string of the molecule is CC(C)(C)ONC(=O)c1ccc2ccccc2n1. The summed E-state index contributed by atoms with van der Waals surface area (Å²) in [5, 5.41) is 1.01. The zero-order valence-electron chi connectivity index (χ0n) is 10.7. The van der Waals surface area contributed by atoms with Gasteiger partial charge in [0.1, 0.15) is 5.69 Å². The van der Waals surface area contributed by atoms with Gasteiger partial charge in [0, 0.05) is 5.39 Å². The summed E-state index contributed by atoms with van der Waals surface area (Å²) in [6.07, 6.45) is 0. The molecule has 1 aromatic heterocycles. The fourth-order valence-corrected chi connectivity index (χ4v) is 1.44. The van der Waals surface area contributed by atoms with Gasteiger partial charge in [-0.25, -0.2) is 10.5 Å². The molecule has 0 saturated carbocycles. The molecule has 1 N–H and O–H groups in total. The molecule has 0 aliphatic carbocycles. The summed E-state index contributed by atoms with van der Waals surface area (Å²) in [6.45, 7) is 5.59. The van der Waals surface area contributed by atoms with Gasteiger partial charge in [-0.05, 0) is 32.9 Å². The van der Waals surface area contributed by atoms with E-state index in [9.17, 15) is 4.79 Å². The summed E-state index contributed by atoms with van der Waals surface area (Å²) in [4.78, 5) is 21.3. The van der Waals surface area contributed by atoms with E-state index in [1.165, 1.54) is 0 Å². The van der Waals surface area contributed by atoms with Crippen LogP contribution < -0.4 is 5.48 Å². The van der Waals surface area contributed by atoms with Crippen LogP contribution in [0.2, 0.25) is 0 Å². The highest BCUT2D eigenvalue weighted by molar-refractivity contribution is 5.94. The van der Waals surface area contributed by atoms with E-state index in [1.807, 2.05) is 51.1 Å². The molecule has 4 heteroatoms. The Hall–Kier alpha value is -1.94. The lowest BCUT2D eigenvalue weighted by atomic mass is 10.2. The number of hydroxylamine groups is 1. The number of nitrogens with zero attached hydrogens (tertiary/aromatic N) is 1. The topological polar surface area (TPSA) is 51.2 Å². The number of pyridine rings is 1. The molecule has 4 nitrogen and oxygen atoms in total. The Morgan fingerprint density at radius 3 is 2.61 bits per heavy atom. The number of amides is 1. The molecule has 0 aliphatic rings. The number of carbonyl (C=O) groups is 1. The minimum atomic E-state index is -0.424. The van der Waals surface area contributed by atoms with Gasteiger partial charge in [-0.3, -0.25) is 9.63 Å². The van der Waals surface area contributed by atoms with Crippen molar-refractivity contribution in [1.29, 1.82) is 0 Å². The van der Waals surface area contributed by atoms with Crippen LogP contribution in [-0.4, -0.2) is 16.5 Å². The van der Waals surface area contributed by atoms with Crippen LogP contribution in [0.5, 0.6) is 0 Å². The van der Waals surface area contributed by atoms with Crippen LogP contribution in [0.3, 0.4) is 0 Å². The molecule has 1 aromatic carbocycles. The van der Waals surface area contributed by atoms with E-state index >= 15 is 0 Å². The molecule has 2 aromatic rings. The van der Waals surface area contributed by atoms with Crippen LogP contribution in [0.1, 0.15) is 31.3 Å². The molecule has 94 valence electrons. The standard InChI is InChI=1S/C14H16N2O2/c1-14(2,3)18-16-13(17)12-9-8-10-6-4-5-7-11(10)15-12/h4-9H,1-3H3,(H,16,17). The summed E-state index contributed by atoms with van der Waals surface area (Å²) < 4.78 is 0. The van der Waals surface area contributed by atoms with Crippen molar-refractivity contribution in [3.63, 3.8) is 0 Å². The number of hydrogen-bond donors (Lipinski definition) is 1. The van der Waals surface area contributed by atoms with Gasteiger partial charge in [-0.1, -0.05) is 24.3 Å². The first kappa shape index (κ1) is 12.5. The van der Waals surface area contributed by atoms with Crippen molar-refractivity contribution < 1.29 is 9.63 Å². The van der Waals surface area contributed by atoms with Gasteiger partial charge in [0.2, 0.25) is 0 Å². The van der Waals surface area contributed by atoms with Crippen molar-refractivity contribution >= 4 is 16.8 Å². The van der Waals surface area contributed by atoms with Gasteiger partial charge in [-0.15, -0.1) is 0 Å². The maximum Gasteiger partial charge on any atom is 0.293 e. The molecule has 1 heterocycles. The third kappa shape index (κ3) is 3.05. The predicted molar refractivity (Wildman–Crippen MR) is 70.0 cm³/mol. The molecule has 0 aliphatic heterocycles. The maximum atomic E-state index is 11.8. The largest absolute Gasteiger partial charge is 0.293 e. The summed E-state index contributed by atoms with van der Waals surface area (Å²) in [5.74, 6) is -0.337. The maximum absolute atomic E-state index is 11.8. The minimum absolute atomic E-state index is 0.337. The van der Waals surface area contributed by atoms with E-state index in [4.69, 9.17) is 4.84 Å². The Bertz CT molecular complexity index is 573. The molecule has 0 spiro atoms. The Morgan fingerprint density at radius 2 is 1.89 bits per heavy atom. The third-order valence-electron chi connectivity index (χ3n) is 2.28. The van der Waals surface area contributed by atoms with Crippen LogP contribution in [0.4, 0.5) is 0 Å². The summed E-state index contributed by atoms with van der Waals surface area (Å²) >= 11 is 0. The summed E-state index contributed by atoms with van der Waals surface area (Å²) in [6, 6.07) is 11.2. The molecule has 0 saturated heterocycles. The van der Waals surface area contributed by atoms with Crippen molar-refractivity contribution in [2.24, 2.45) is 0 Å². The Balaban J connectivity index is 2.18. The van der Waals surface area contributed by atoms with Crippen molar-refractivity contribution in [3.8, 4) is 0 Å². The Kier molecular flexibility index (Phi) is 3.30. The Labute approximate surface area is 106 Å². The number of rotatable bonds is 2. The highest BCUT2D eigenvalue weighted by Gasteiger charge is 2.14. The number of nitrogens with one attached hydrogen (secondary N) is 1. The van der Waals surface area contributed by atoms with Crippen LogP contribution in [0, 0.1) is 0 Å². The smallest absolute Gasteiger partial charge is 0.268 e. The Morgan fingerprint density at radius 1 is 1.17 bits per heavy atom. The van der Waals surface area contributed by atoms with Crippen molar-refractivity contribution in [1.82, 2.24) is 10.5 Å². The predicted octanol–water partition coefficient (Wildman–Crippen LogP) is 2.69. The van der Waals surface area contributed by atoms with Crippen molar-refractivity contribution in [3.05, 3.63) is 42.1 Å². The van der Waals surface area contributed by atoms with Crippen LogP contribution >= 0.6 is 0 Å². The van der Waals surface area contributed by atoms with Crippen LogP contribution in [0.15, 0.2) is 36.4 Å². The number of benzene rings is 1. The monoisotopic (exact) mass is 244 g/mol. The molecule has 18 heavy (non-hydrogen) atoms. The number of aromatic nitrogens is 1. The second-order valence-electron chi connectivity index (χ2n) is 5.03. The van der Waals surface area contributed by atoms with Crippen molar-refractivity contribution in [2.45, 2.75) is 26.4 Å². The highest BCUT2D eigenvalue weighted by atomic mass is 16.7. The summed E-state index contributed by atoms with van der Waals surface area (Å²) in [7, 11) is 0. The molecule has 0 unspecified atom stereocenters. The van der Waals surface area contributed by atoms with Gasteiger partial charge in [0.05, 0.1) is 11.1 Å². The average Bonchev–Trinajstić information content (AvgIpc) is 2.34. The number of carbonyl (C=O) groups excluding carboxylic acids is 1. The molecule has 0 atom stereocenters. The molecule has 0 fully saturated rings. The fourth-order valence-electron chi connectivity index (χ4n) is 1.44. The molecule has 0 bridgehead atoms. The second kappa shape index (κ2) is 4.74. The molecule has 1 amide bonds. The number of hydrogen-bond acceptors (Lipinski definition) is 3. The van der Waals surface area contributed by atoms with Crippen LogP contribution in [0.25, 0.3) is 10.9 Å². The lowest BCUT2D eigenvalue weighted by molar-refractivity contribution is -0.0591.